The Morgan fingerprint density at radius 1 is 1.03 bits per heavy atom. The zero-order chi connectivity index (χ0) is 21.1. The highest BCUT2D eigenvalue weighted by Crippen LogP contribution is 2.23. The number of benzene rings is 2. The molecule has 0 aliphatic carbocycles. The predicted molar refractivity (Wildman–Crippen MR) is 94.0 cm³/mol. The number of rotatable bonds is 6. The van der Waals surface area contributed by atoms with E-state index in [1.807, 2.05) is 0 Å². The molecule has 0 spiro atoms. The minimum absolute atomic E-state index is 0.288. The first-order valence-electron chi connectivity index (χ1n) is 8.27. The summed E-state index contributed by atoms with van der Waals surface area (Å²) in [4.78, 5) is 23.6. The molecule has 0 unspecified atom stereocenters. The van der Waals surface area contributed by atoms with Crippen molar-refractivity contribution in [2.45, 2.75) is 12.5 Å². The first-order chi connectivity index (χ1) is 13.7. The molecule has 1 heterocycles. The Morgan fingerprint density at radius 3 is 2.31 bits per heavy atom. The van der Waals surface area contributed by atoms with Crippen molar-refractivity contribution >= 4 is 11.9 Å². The number of nitrogens with zero attached hydrogens (tertiary/aromatic N) is 2. The molecule has 0 saturated carbocycles. The van der Waals surface area contributed by atoms with E-state index in [1.165, 1.54) is 12.1 Å². The number of carbonyl (C=O) groups excluding carboxylic acids is 1. The Bertz CT molecular complexity index is 1070. The van der Waals surface area contributed by atoms with Crippen LogP contribution in [-0.4, -0.2) is 31.9 Å². The number of aliphatic carboxylic acids is 1. The molecule has 0 aliphatic heterocycles. The molecule has 3 rings (SSSR count). The molecule has 0 fully saturated rings. The van der Waals surface area contributed by atoms with Gasteiger partial charge in [0.1, 0.15) is 17.3 Å². The zero-order valence-corrected chi connectivity index (χ0v) is 14.6. The summed E-state index contributed by atoms with van der Waals surface area (Å²) in [5.74, 6) is -5.01. The lowest BCUT2D eigenvalue weighted by Crippen LogP contribution is -2.30. The van der Waals surface area contributed by atoms with Crippen molar-refractivity contribution in [3.63, 3.8) is 0 Å². The van der Waals surface area contributed by atoms with Gasteiger partial charge in [0.05, 0.1) is 12.5 Å². The Labute approximate surface area is 162 Å². The van der Waals surface area contributed by atoms with Crippen molar-refractivity contribution in [2.24, 2.45) is 0 Å². The Morgan fingerprint density at radius 2 is 1.69 bits per heavy atom. The van der Waals surface area contributed by atoms with Crippen molar-refractivity contribution < 1.29 is 33.0 Å². The second-order valence-electron chi connectivity index (χ2n) is 6.07. The van der Waals surface area contributed by atoms with Crippen molar-refractivity contribution in [3.05, 3.63) is 77.2 Å². The number of halogens is 3. The number of nitrogens with one attached hydrogen (secondary N) is 1. The second kappa shape index (κ2) is 8.05. The third-order valence-corrected chi connectivity index (χ3v) is 4.02. The summed E-state index contributed by atoms with van der Waals surface area (Å²) >= 11 is 0. The fourth-order valence-electron chi connectivity index (χ4n) is 2.67. The Balaban J connectivity index is 1.87. The molecule has 7 nitrogen and oxygen atoms in total. The van der Waals surface area contributed by atoms with E-state index in [0.717, 1.165) is 30.3 Å². The number of amides is 1. The summed E-state index contributed by atoms with van der Waals surface area (Å²) in [6, 6.07) is 7.41. The molecule has 0 radical (unpaired) electrons. The van der Waals surface area contributed by atoms with Gasteiger partial charge in [-0.1, -0.05) is 12.1 Å². The summed E-state index contributed by atoms with van der Waals surface area (Å²) in [5, 5.41) is 25.3. The van der Waals surface area contributed by atoms with E-state index in [1.54, 1.807) is 0 Å². The van der Waals surface area contributed by atoms with Crippen LogP contribution >= 0.6 is 0 Å². The van der Waals surface area contributed by atoms with Crippen LogP contribution in [-0.2, 0) is 4.79 Å². The fraction of sp³-hybridized carbons (Fsp3) is 0.105. The van der Waals surface area contributed by atoms with Gasteiger partial charge in [-0.25, -0.2) is 13.2 Å². The quantitative estimate of drug-likeness (QED) is 0.585. The summed E-state index contributed by atoms with van der Waals surface area (Å²) in [6.45, 7) is 0. The van der Waals surface area contributed by atoms with Crippen LogP contribution in [0.2, 0.25) is 0 Å². The summed E-state index contributed by atoms with van der Waals surface area (Å²) < 4.78 is 40.8. The van der Waals surface area contributed by atoms with E-state index >= 15 is 0 Å². The molecule has 2 aromatic carbocycles. The maximum atomic E-state index is 13.9. The predicted octanol–water partition coefficient (Wildman–Crippen LogP) is 2.94. The smallest absolute Gasteiger partial charge is 0.305 e. The van der Waals surface area contributed by atoms with E-state index < -0.39 is 47.7 Å². The van der Waals surface area contributed by atoms with E-state index in [4.69, 9.17) is 5.11 Å². The lowest BCUT2D eigenvalue weighted by molar-refractivity contribution is -0.137. The highest BCUT2D eigenvalue weighted by molar-refractivity contribution is 5.93. The van der Waals surface area contributed by atoms with Gasteiger partial charge in [-0.2, -0.15) is 9.78 Å². The normalized spacial score (nSPS) is 11.8. The van der Waals surface area contributed by atoms with Gasteiger partial charge < -0.3 is 15.5 Å². The van der Waals surface area contributed by atoms with Gasteiger partial charge in [0.15, 0.2) is 11.5 Å². The van der Waals surface area contributed by atoms with Crippen molar-refractivity contribution in [1.82, 2.24) is 15.1 Å². The molecule has 1 amide bonds. The van der Waals surface area contributed by atoms with Gasteiger partial charge in [0.25, 0.3) is 5.91 Å². The lowest BCUT2D eigenvalue weighted by Gasteiger charge is -2.16. The van der Waals surface area contributed by atoms with Crippen LogP contribution in [0.15, 0.2) is 48.5 Å². The monoisotopic (exact) mass is 405 g/mol. The maximum Gasteiger partial charge on any atom is 0.305 e. The topological polar surface area (TPSA) is 104 Å². The Hall–Kier alpha value is -3.82. The van der Waals surface area contributed by atoms with Gasteiger partial charge in [-0.15, -0.1) is 0 Å². The lowest BCUT2D eigenvalue weighted by atomic mass is 10.0. The third kappa shape index (κ3) is 4.54. The number of aromatic nitrogens is 2. The van der Waals surface area contributed by atoms with Crippen LogP contribution in [0.25, 0.3) is 5.69 Å². The van der Waals surface area contributed by atoms with Crippen LogP contribution in [0.3, 0.4) is 0 Å². The first kappa shape index (κ1) is 19.9. The van der Waals surface area contributed by atoms with E-state index in [2.05, 4.69) is 10.4 Å². The molecule has 10 heteroatoms. The molecule has 1 aromatic heterocycles. The van der Waals surface area contributed by atoms with Gasteiger partial charge in [-0.05, 0) is 29.8 Å². The molecule has 3 N–H and O–H groups in total. The van der Waals surface area contributed by atoms with Crippen LogP contribution in [0.1, 0.15) is 28.5 Å². The van der Waals surface area contributed by atoms with E-state index in [0.29, 0.717) is 16.3 Å². The average molecular weight is 405 g/mol. The number of carboxylic acid groups (broad SMARTS) is 1. The molecular weight excluding hydrogens is 391 g/mol. The molecule has 0 bridgehead atoms. The summed E-state index contributed by atoms with van der Waals surface area (Å²) in [6.07, 6.45) is -0.489. The van der Waals surface area contributed by atoms with Crippen LogP contribution in [0, 0.1) is 17.5 Å². The van der Waals surface area contributed by atoms with Crippen LogP contribution < -0.4 is 5.32 Å². The van der Waals surface area contributed by atoms with Gasteiger partial charge in [0.2, 0.25) is 5.88 Å². The number of carbonyl (C=O) groups is 2. The van der Waals surface area contributed by atoms with Crippen LogP contribution in [0.5, 0.6) is 5.88 Å². The number of carboxylic acids is 1. The Kier molecular flexibility index (Phi) is 5.53. The van der Waals surface area contributed by atoms with E-state index in [-0.39, 0.29) is 11.4 Å². The van der Waals surface area contributed by atoms with Crippen molar-refractivity contribution in [3.8, 4) is 11.6 Å². The number of hydrogen-bond donors (Lipinski definition) is 3. The summed E-state index contributed by atoms with van der Waals surface area (Å²) in [7, 11) is 0. The van der Waals surface area contributed by atoms with Crippen LogP contribution in [0.4, 0.5) is 13.2 Å². The molecule has 0 aliphatic rings. The second-order valence-corrected chi connectivity index (χ2v) is 6.07. The minimum Gasteiger partial charge on any atom is -0.493 e. The third-order valence-electron chi connectivity index (χ3n) is 4.02. The van der Waals surface area contributed by atoms with Crippen molar-refractivity contribution in [1.29, 1.82) is 0 Å². The molecule has 150 valence electrons. The molecule has 3 aromatic rings. The summed E-state index contributed by atoms with van der Waals surface area (Å²) in [5.41, 5.74) is -0.275. The van der Waals surface area contributed by atoms with E-state index in [9.17, 15) is 27.9 Å². The average Bonchev–Trinajstić information content (AvgIpc) is 3.03. The highest BCUT2D eigenvalue weighted by atomic mass is 19.1. The van der Waals surface area contributed by atoms with Gasteiger partial charge >= 0.3 is 5.97 Å². The van der Waals surface area contributed by atoms with Gasteiger partial charge in [0, 0.05) is 12.1 Å². The fourth-order valence-corrected chi connectivity index (χ4v) is 2.67. The maximum absolute atomic E-state index is 13.9. The number of aromatic hydroxyl groups is 1. The molecule has 0 saturated heterocycles. The zero-order valence-electron chi connectivity index (χ0n) is 14.6. The molecular formula is C19H14F3N3O4. The molecule has 29 heavy (non-hydrogen) atoms. The van der Waals surface area contributed by atoms with Crippen molar-refractivity contribution in [2.75, 3.05) is 0 Å². The standard InChI is InChI=1S/C19H14F3N3O4/c20-11-3-1-10(2-4-11)14(9-18(27)28)23-19(29)15-8-17(26)25(24-15)16-6-5-12(21)7-13(16)22/h1-8,14,26H,9H2,(H,23,29)(H,27,28)/t14-/m0/s1. The largest absolute Gasteiger partial charge is 0.493 e. The highest BCUT2D eigenvalue weighted by Gasteiger charge is 2.22. The van der Waals surface area contributed by atoms with Gasteiger partial charge in [-0.3, -0.25) is 9.59 Å². The first-order valence-corrected chi connectivity index (χ1v) is 8.27. The number of hydrogen-bond acceptors (Lipinski definition) is 4. The SMILES string of the molecule is O=C(O)C[C@H](NC(=O)c1cc(O)n(-c2ccc(F)cc2F)n1)c1ccc(F)cc1. The molecule has 1 atom stereocenters. The minimum atomic E-state index is -1.21.